The van der Waals surface area contributed by atoms with Gasteiger partial charge in [0.15, 0.2) is 0 Å². The van der Waals surface area contributed by atoms with Crippen LogP contribution in [0.5, 0.6) is 5.75 Å². The van der Waals surface area contributed by atoms with Crippen molar-refractivity contribution in [2.75, 3.05) is 12.4 Å². The predicted molar refractivity (Wildman–Crippen MR) is 113 cm³/mol. The Balaban J connectivity index is 1.81. The van der Waals surface area contributed by atoms with E-state index in [2.05, 4.69) is 10.3 Å². The Morgan fingerprint density at radius 2 is 1.68 bits per heavy atom. The number of anilines is 1. The second kappa shape index (κ2) is 8.10. The molecule has 7 heteroatoms. The van der Waals surface area contributed by atoms with Crippen LogP contribution in [0.4, 0.5) is 18.9 Å². The molecular formula is C24H17F3N2O2. The van der Waals surface area contributed by atoms with Crippen molar-refractivity contribution >= 4 is 22.5 Å². The third kappa shape index (κ3) is 4.21. The Kier molecular flexibility index (Phi) is 5.33. The number of hydrogen-bond donors (Lipinski definition) is 1. The van der Waals surface area contributed by atoms with Crippen LogP contribution in [0.3, 0.4) is 0 Å². The van der Waals surface area contributed by atoms with Gasteiger partial charge in [-0.3, -0.25) is 4.79 Å². The minimum Gasteiger partial charge on any atom is -0.497 e. The van der Waals surface area contributed by atoms with Gasteiger partial charge in [-0.25, -0.2) is 4.98 Å². The topological polar surface area (TPSA) is 51.2 Å². The van der Waals surface area contributed by atoms with Crippen LogP contribution < -0.4 is 10.1 Å². The number of hydrogen-bond acceptors (Lipinski definition) is 3. The van der Waals surface area contributed by atoms with E-state index in [0.717, 1.165) is 11.6 Å². The smallest absolute Gasteiger partial charge is 0.418 e. The highest BCUT2D eigenvalue weighted by molar-refractivity contribution is 6.13. The maximum Gasteiger partial charge on any atom is 0.418 e. The van der Waals surface area contributed by atoms with Gasteiger partial charge in [-0.15, -0.1) is 0 Å². The number of alkyl halides is 3. The molecule has 0 saturated heterocycles. The highest BCUT2D eigenvalue weighted by Crippen LogP contribution is 2.35. The summed E-state index contributed by atoms with van der Waals surface area (Å²) in [4.78, 5) is 17.7. The van der Waals surface area contributed by atoms with E-state index in [1.807, 2.05) is 6.07 Å². The fourth-order valence-electron chi connectivity index (χ4n) is 3.32. The summed E-state index contributed by atoms with van der Waals surface area (Å²) in [6.45, 7) is 0. The number of ether oxygens (including phenoxy) is 1. The van der Waals surface area contributed by atoms with Crippen LogP contribution in [0.1, 0.15) is 15.9 Å². The molecule has 0 bridgehead atoms. The SMILES string of the molecule is COc1cccc(-c2cc(C(=O)Nc3ccccc3C(F)(F)F)c3ccccc3n2)c1. The van der Waals surface area contributed by atoms with E-state index in [1.165, 1.54) is 18.2 Å². The van der Waals surface area contributed by atoms with Gasteiger partial charge in [-0.05, 0) is 36.4 Å². The Morgan fingerprint density at radius 3 is 2.45 bits per heavy atom. The fourth-order valence-corrected chi connectivity index (χ4v) is 3.32. The van der Waals surface area contributed by atoms with E-state index in [9.17, 15) is 18.0 Å². The third-order valence-electron chi connectivity index (χ3n) is 4.81. The van der Waals surface area contributed by atoms with E-state index >= 15 is 0 Å². The van der Waals surface area contributed by atoms with Gasteiger partial charge in [0.1, 0.15) is 5.75 Å². The first-order valence-corrected chi connectivity index (χ1v) is 9.38. The largest absolute Gasteiger partial charge is 0.497 e. The summed E-state index contributed by atoms with van der Waals surface area (Å²) in [6, 6.07) is 20.6. The van der Waals surface area contributed by atoms with Gasteiger partial charge < -0.3 is 10.1 Å². The van der Waals surface area contributed by atoms with Crippen molar-refractivity contribution in [3.63, 3.8) is 0 Å². The summed E-state index contributed by atoms with van der Waals surface area (Å²) in [7, 11) is 1.55. The summed E-state index contributed by atoms with van der Waals surface area (Å²) in [5, 5.41) is 2.95. The number of carbonyl (C=O) groups excluding carboxylic acids is 1. The van der Waals surface area contributed by atoms with E-state index in [-0.39, 0.29) is 11.3 Å². The summed E-state index contributed by atoms with van der Waals surface area (Å²) in [6.07, 6.45) is -4.59. The summed E-state index contributed by atoms with van der Waals surface area (Å²) < 4.78 is 45.3. The molecule has 0 radical (unpaired) electrons. The predicted octanol–water partition coefficient (Wildman–Crippen LogP) is 6.18. The molecule has 3 aromatic carbocycles. The lowest BCUT2D eigenvalue weighted by molar-refractivity contribution is -0.136. The molecule has 0 aliphatic heterocycles. The summed E-state index contributed by atoms with van der Waals surface area (Å²) in [5.41, 5.74) is 0.790. The van der Waals surface area contributed by atoms with Gasteiger partial charge >= 0.3 is 6.18 Å². The quantitative estimate of drug-likeness (QED) is 0.427. The first-order valence-electron chi connectivity index (χ1n) is 9.38. The van der Waals surface area contributed by atoms with Gasteiger partial charge in [0.05, 0.1) is 35.1 Å². The maximum atomic E-state index is 13.3. The van der Waals surface area contributed by atoms with Crippen molar-refractivity contribution in [3.05, 3.63) is 90.0 Å². The number of benzene rings is 3. The Labute approximate surface area is 176 Å². The zero-order valence-corrected chi connectivity index (χ0v) is 16.4. The van der Waals surface area contributed by atoms with Crippen LogP contribution in [0.2, 0.25) is 0 Å². The second-order valence-electron chi connectivity index (χ2n) is 6.80. The molecule has 1 N–H and O–H groups in total. The highest BCUT2D eigenvalue weighted by Gasteiger charge is 2.33. The number of para-hydroxylation sites is 2. The number of halogens is 3. The Morgan fingerprint density at radius 1 is 0.935 bits per heavy atom. The van der Waals surface area contributed by atoms with E-state index in [4.69, 9.17) is 4.74 Å². The van der Waals surface area contributed by atoms with Gasteiger partial charge in [-0.1, -0.05) is 42.5 Å². The molecule has 0 unspecified atom stereocenters. The average molecular weight is 422 g/mol. The molecule has 0 aliphatic rings. The highest BCUT2D eigenvalue weighted by atomic mass is 19.4. The number of rotatable bonds is 4. The van der Waals surface area contributed by atoms with Crippen LogP contribution in [-0.4, -0.2) is 18.0 Å². The number of aromatic nitrogens is 1. The maximum absolute atomic E-state index is 13.3. The monoisotopic (exact) mass is 422 g/mol. The summed E-state index contributed by atoms with van der Waals surface area (Å²) in [5.74, 6) is -0.0305. The van der Waals surface area contributed by atoms with Crippen LogP contribution >= 0.6 is 0 Å². The molecule has 0 spiro atoms. The van der Waals surface area contributed by atoms with E-state index < -0.39 is 17.6 Å². The zero-order valence-electron chi connectivity index (χ0n) is 16.4. The molecule has 0 atom stereocenters. The lowest BCUT2D eigenvalue weighted by Gasteiger charge is -2.15. The van der Waals surface area contributed by atoms with Gasteiger partial charge in [0, 0.05) is 10.9 Å². The Bertz CT molecular complexity index is 1270. The molecule has 1 amide bonds. The van der Waals surface area contributed by atoms with E-state index in [0.29, 0.717) is 22.3 Å². The van der Waals surface area contributed by atoms with Crippen LogP contribution in [0.25, 0.3) is 22.2 Å². The lowest BCUT2D eigenvalue weighted by Crippen LogP contribution is -2.17. The lowest BCUT2D eigenvalue weighted by atomic mass is 10.0. The van der Waals surface area contributed by atoms with Gasteiger partial charge in [0.25, 0.3) is 5.91 Å². The molecule has 1 aromatic heterocycles. The van der Waals surface area contributed by atoms with Crippen molar-refractivity contribution in [1.82, 2.24) is 4.98 Å². The first kappa shape index (κ1) is 20.4. The molecule has 4 aromatic rings. The van der Waals surface area contributed by atoms with Crippen LogP contribution in [0.15, 0.2) is 78.9 Å². The fraction of sp³-hybridized carbons (Fsp3) is 0.0833. The number of fused-ring (bicyclic) bond motifs is 1. The number of carbonyl (C=O) groups is 1. The molecule has 0 fully saturated rings. The second-order valence-corrected chi connectivity index (χ2v) is 6.80. The number of nitrogens with one attached hydrogen (secondary N) is 1. The minimum atomic E-state index is -4.59. The Hall–Kier alpha value is -3.87. The van der Waals surface area contributed by atoms with Crippen LogP contribution in [0, 0.1) is 0 Å². The summed E-state index contributed by atoms with van der Waals surface area (Å²) >= 11 is 0. The van der Waals surface area contributed by atoms with Crippen molar-refractivity contribution in [3.8, 4) is 17.0 Å². The third-order valence-corrected chi connectivity index (χ3v) is 4.81. The standard InChI is InChI=1S/C24H17F3N2O2/c1-31-16-8-6-7-15(13-16)22-14-18(17-9-2-4-11-20(17)28-22)23(30)29-21-12-5-3-10-19(21)24(25,26)27/h2-14H,1H3,(H,29,30). The normalized spacial score (nSPS) is 11.4. The van der Waals surface area contributed by atoms with Gasteiger partial charge in [-0.2, -0.15) is 13.2 Å². The van der Waals surface area contributed by atoms with Crippen molar-refractivity contribution in [2.45, 2.75) is 6.18 Å². The number of methoxy groups -OCH3 is 1. The molecular weight excluding hydrogens is 405 g/mol. The molecule has 4 nitrogen and oxygen atoms in total. The van der Waals surface area contributed by atoms with Crippen LogP contribution in [-0.2, 0) is 6.18 Å². The molecule has 0 aliphatic carbocycles. The molecule has 0 saturated carbocycles. The first-order chi connectivity index (χ1) is 14.9. The molecule has 1 heterocycles. The molecule has 156 valence electrons. The van der Waals surface area contributed by atoms with Crippen molar-refractivity contribution < 1.29 is 22.7 Å². The van der Waals surface area contributed by atoms with Crippen molar-refractivity contribution in [2.24, 2.45) is 0 Å². The minimum absolute atomic E-state index is 0.223. The molecule has 31 heavy (non-hydrogen) atoms. The number of amides is 1. The number of pyridine rings is 1. The average Bonchev–Trinajstić information content (AvgIpc) is 2.78. The molecule has 4 rings (SSSR count). The van der Waals surface area contributed by atoms with E-state index in [1.54, 1.807) is 55.6 Å². The zero-order chi connectivity index (χ0) is 22.0. The van der Waals surface area contributed by atoms with Gasteiger partial charge in [0.2, 0.25) is 0 Å². The van der Waals surface area contributed by atoms with Crippen molar-refractivity contribution in [1.29, 1.82) is 0 Å². The number of nitrogens with zero attached hydrogens (tertiary/aromatic N) is 1.